The fraction of sp³-hybridized carbons (Fsp3) is 0.286. The van der Waals surface area contributed by atoms with Crippen LogP contribution in [-0.4, -0.2) is 29.5 Å². The highest BCUT2D eigenvalue weighted by Gasteiger charge is 2.21. The Morgan fingerprint density at radius 3 is 2.41 bits per heavy atom. The minimum absolute atomic E-state index is 0.177. The van der Waals surface area contributed by atoms with Crippen molar-refractivity contribution in [2.45, 2.75) is 25.7 Å². The Balaban J connectivity index is 1.19. The van der Waals surface area contributed by atoms with Gasteiger partial charge in [0.2, 0.25) is 0 Å². The lowest BCUT2D eigenvalue weighted by atomic mass is 9.89. The first-order valence-corrected chi connectivity index (χ1v) is 11.5. The summed E-state index contributed by atoms with van der Waals surface area (Å²) in [6.45, 7) is 3.13. The van der Waals surface area contributed by atoms with Crippen molar-refractivity contribution >= 4 is 10.9 Å². The van der Waals surface area contributed by atoms with Gasteiger partial charge in [-0.2, -0.15) is 0 Å². The topological polar surface area (TPSA) is 19.0 Å². The van der Waals surface area contributed by atoms with Crippen LogP contribution in [0.5, 0.6) is 0 Å². The van der Waals surface area contributed by atoms with Gasteiger partial charge in [-0.1, -0.05) is 36.4 Å². The van der Waals surface area contributed by atoms with E-state index in [1.165, 1.54) is 17.2 Å². The number of aromatic nitrogens is 1. The second-order valence-electron chi connectivity index (χ2n) is 8.91. The van der Waals surface area contributed by atoms with Gasteiger partial charge in [-0.3, -0.25) is 0 Å². The van der Waals surface area contributed by atoms with Gasteiger partial charge in [0.05, 0.1) is 0 Å². The van der Waals surface area contributed by atoms with Crippen LogP contribution >= 0.6 is 0 Å². The summed E-state index contributed by atoms with van der Waals surface area (Å²) in [5, 5.41) is 1.01. The van der Waals surface area contributed by atoms with Crippen molar-refractivity contribution in [3.63, 3.8) is 0 Å². The van der Waals surface area contributed by atoms with Gasteiger partial charge in [-0.15, -0.1) is 0 Å². The summed E-state index contributed by atoms with van der Waals surface area (Å²) in [6, 6.07) is 20.2. The van der Waals surface area contributed by atoms with E-state index in [-0.39, 0.29) is 11.6 Å². The zero-order valence-electron chi connectivity index (χ0n) is 18.2. The van der Waals surface area contributed by atoms with Gasteiger partial charge in [0.15, 0.2) is 0 Å². The van der Waals surface area contributed by atoms with Crippen LogP contribution in [0.25, 0.3) is 22.0 Å². The van der Waals surface area contributed by atoms with E-state index in [9.17, 15) is 8.78 Å². The number of hydrogen-bond acceptors (Lipinski definition) is 1. The van der Waals surface area contributed by atoms with E-state index in [0.717, 1.165) is 67.3 Å². The van der Waals surface area contributed by atoms with Crippen LogP contribution < -0.4 is 0 Å². The van der Waals surface area contributed by atoms with E-state index in [0.29, 0.717) is 5.92 Å². The van der Waals surface area contributed by atoms with Crippen molar-refractivity contribution in [1.82, 2.24) is 9.88 Å². The lowest BCUT2D eigenvalue weighted by Gasteiger charge is -2.32. The van der Waals surface area contributed by atoms with Crippen LogP contribution in [0.1, 0.15) is 24.0 Å². The largest absolute Gasteiger partial charge is 0.361 e. The maximum atomic E-state index is 13.9. The Hall–Kier alpha value is -2.98. The predicted molar refractivity (Wildman–Crippen MR) is 127 cm³/mol. The minimum Gasteiger partial charge on any atom is -0.361 e. The maximum Gasteiger partial charge on any atom is 0.123 e. The zero-order valence-corrected chi connectivity index (χ0v) is 18.2. The van der Waals surface area contributed by atoms with Crippen LogP contribution in [0.2, 0.25) is 0 Å². The summed E-state index contributed by atoms with van der Waals surface area (Å²) >= 11 is 0. The van der Waals surface area contributed by atoms with Crippen LogP contribution in [-0.2, 0) is 12.8 Å². The first-order valence-electron chi connectivity index (χ1n) is 11.5. The van der Waals surface area contributed by atoms with Crippen molar-refractivity contribution in [1.29, 1.82) is 0 Å². The van der Waals surface area contributed by atoms with E-state index in [1.807, 2.05) is 48.7 Å². The number of halogens is 2. The molecule has 2 heterocycles. The molecule has 0 unspecified atom stereocenters. The molecule has 164 valence electrons. The molecule has 1 aromatic heterocycles. The number of fused-ring (bicyclic) bond motifs is 1. The number of H-pyrrole nitrogens is 1. The van der Waals surface area contributed by atoms with E-state index in [1.54, 1.807) is 18.2 Å². The molecule has 1 N–H and O–H groups in total. The Bertz CT molecular complexity index is 1190. The highest BCUT2D eigenvalue weighted by atomic mass is 19.1. The van der Waals surface area contributed by atoms with Gasteiger partial charge in [0.1, 0.15) is 11.6 Å². The van der Waals surface area contributed by atoms with Gasteiger partial charge in [-0.25, -0.2) is 8.78 Å². The number of nitrogens with zero attached hydrogens (tertiary/aromatic N) is 1. The maximum absolute atomic E-state index is 13.9. The molecule has 0 aliphatic carbocycles. The van der Waals surface area contributed by atoms with Gasteiger partial charge in [-0.05, 0) is 97.3 Å². The molecule has 0 bridgehead atoms. The average Bonchev–Trinajstić information content (AvgIpc) is 3.21. The van der Waals surface area contributed by atoms with E-state index < -0.39 is 0 Å². The van der Waals surface area contributed by atoms with E-state index in [4.69, 9.17) is 0 Å². The third kappa shape index (κ3) is 4.61. The number of likely N-dealkylation sites (tertiary alicyclic amines) is 1. The smallest absolute Gasteiger partial charge is 0.123 e. The Labute approximate surface area is 187 Å². The molecule has 2 nitrogen and oxygen atoms in total. The molecule has 0 saturated carbocycles. The summed E-state index contributed by atoms with van der Waals surface area (Å²) in [6.07, 6.45) is 6.24. The molecule has 1 aliphatic heterocycles. The lowest BCUT2D eigenvalue weighted by molar-refractivity contribution is 0.186. The quantitative estimate of drug-likeness (QED) is 0.365. The number of piperidine rings is 1. The highest BCUT2D eigenvalue weighted by molar-refractivity contribution is 5.83. The Morgan fingerprint density at radius 1 is 0.844 bits per heavy atom. The molecule has 1 saturated heterocycles. The number of aromatic amines is 1. The molecular formula is C28H28F2N2. The molecule has 0 atom stereocenters. The molecule has 4 aromatic rings. The van der Waals surface area contributed by atoms with E-state index >= 15 is 0 Å². The third-order valence-electron chi connectivity index (χ3n) is 6.80. The number of rotatable bonds is 6. The van der Waals surface area contributed by atoms with Crippen LogP contribution in [0.3, 0.4) is 0 Å². The summed E-state index contributed by atoms with van der Waals surface area (Å²) in [5.41, 5.74) is 5.48. The second kappa shape index (κ2) is 9.25. The normalized spacial score (nSPS) is 15.4. The summed E-state index contributed by atoms with van der Waals surface area (Å²) in [4.78, 5) is 5.79. The molecular weight excluding hydrogens is 402 g/mol. The summed E-state index contributed by atoms with van der Waals surface area (Å²) < 4.78 is 27.6. The van der Waals surface area contributed by atoms with E-state index in [2.05, 4.69) is 9.88 Å². The minimum atomic E-state index is -0.189. The van der Waals surface area contributed by atoms with Crippen LogP contribution in [0, 0.1) is 17.6 Å². The van der Waals surface area contributed by atoms with Crippen molar-refractivity contribution in [2.24, 2.45) is 5.92 Å². The molecule has 32 heavy (non-hydrogen) atoms. The first-order chi connectivity index (χ1) is 15.7. The molecule has 0 radical (unpaired) electrons. The van der Waals surface area contributed by atoms with Crippen molar-refractivity contribution in [3.05, 3.63) is 95.7 Å². The third-order valence-corrected chi connectivity index (χ3v) is 6.80. The molecule has 0 spiro atoms. The fourth-order valence-electron chi connectivity index (χ4n) is 4.98. The first kappa shape index (κ1) is 20.9. The number of hydrogen-bond donors (Lipinski definition) is 1. The molecule has 1 aliphatic rings. The highest BCUT2D eigenvalue weighted by Crippen LogP contribution is 2.28. The average molecular weight is 431 g/mol. The monoisotopic (exact) mass is 430 g/mol. The lowest BCUT2D eigenvalue weighted by Crippen LogP contribution is -2.35. The second-order valence-corrected chi connectivity index (χ2v) is 8.91. The predicted octanol–water partition coefficient (Wildman–Crippen LogP) is 6.61. The Kier molecular flexibility index (Phi) is 6.04. The standard InChI is InChI=1S/C28H28F2N2/c29-24-7-6-22(26(17-24)21-4-2-1-3-5-21)12-15-32-13-10-20(11-14-32)16-23-19-31-28-9-8-25(30)18-27(23)28/h1-9,17-20,31H,10-16H2. The zero-order chi connectivity index (χ0) is 21.9. The molecule has 1 fully saturated rings. The molecule has 5 rings (SSSR count). The van der Waals surface area contributed by atoms with Gasteiger partial charge in [0.25, 0.3) is 0 Å². The molecule has 0 amide bonds. The Morgan fingerprint density at radius 2 is 1.59 bits per heavy atom. The summed E-state index contributed by atoms with van der Waals surface area (Å²) in [7, 11) is 0. The SMILES string of the molecule is Fc1ccc(CCN2CCC(Cc3c[nH]c4ccc(F)cc34)CC2)c(-c2ccccc2)c1. The number of benzene rings is 3. The van der Waals surface area contributed by atoms with Crippen LogP contribution in [0.4, 0.5) is 8.78 Å². The summed E-state index contributed by atoms with van der Waals surface area (Å²) in [5.74, 6) is 0.258. The number of nitrogens with one attached hydrogen (secondary N) is 1. The van der Waals surface area contributed by atoms with Gasteiger partial charge >= 0.3 is 0 Å². The van der Waals surface area contributed by atoms with Gasteiger partial charge in [0, 0.05) is 23.6 Å². The van der Waals surface area contributed by atoms with Crippen molar-refractivity contribution in [3.8, 4) is 11.1 Å². The van der Waals surface area contributed by atoms with Gasteiger partial charge < -0.3 is 9.88 Å². The van der Waals surface area contributed by atoms with Crippen molar-refractivity contribution < 1.29 is 8.78 Å². The van der Waals surface area contributed by atoms with Crippen LogP contribution in [0.15, 0.2) is 72.9 Å². The van der Waals surface area contributed by atoms with Crippen molar-refractivity contribution in [2.75, 3.05) is 19.6 Å². The molecule has 4 heteroatoms. The fourth-order valence-corrected chi connectivity index (χ4v) is 4.98. The molecule has 3 aromatic carbocycles.